The first-order valence-electron chi connectivity index (χ1n) is 14.0. The van der Waals surface area contributed by atoms with Gasteiger partial charge in [0.15, 0.2) is 5.76 Å². The minimum atomic E-state index is -4.13. The van der Waals surface area contributed by atoms with Crippen molar-refractivity contribution in [2.75, 3.05) is 12.3 Å². The van der Waals surface area contributed by atoms with Gasteiger partial charge in [-0.15, -0.1) is 0 Å². The summed E-state index contributed by atoms with van der Waals surface area (Å²) in [4.78, 5) is 12.4. The van der Waals surface area contributed by atoms with Crippen LogP contribution in [0.25, 0.3) is 11.3 Å². The fourth-order valence-electron chi connectivity index (χ4n) is 4.98. The van der Waals surface area contributed by atoms with Gasteiger partial charge < -0.3 is 9.84 Å². The van der Waals surface area contributed by atoms with E-state index in [0.29, 0.717) is 17.9 Å². The fourth-order valence-corrected chi connectivity index (χ4v) is 5.34. The summed E-state index contributed by atoms with van der Waals surface area (Å²) in [6.07, 6.45) is 3.12. The van der Waals surface area contributed by atoms with Crippen molar-refractivity contribution in [1.29, 1.82) is 0 Å². The van der Waals surface area contributed by atoms with E-state index in [2.05, 4.69) is 79.8 Å². The Hall–Kier alpha value is -3.75. The molecule has 1 amide bonds. The lowest BCUT2D eigenvalue weighted by atomic mass is 9.83. The Balaban J connectivity index is 1.39. The molecule has 7 nitrogen and oxygen atoms in total. The quantitative estimate of drug-likeness (QED) is 0.210. The normalized spacial score (nSPS) is 14.5. The highest BCUT2D eigenvalue weighted by Crippen LogP contribution is 2.41. The first-order valence-corrected chi connectivity index (χ1v) is 15.6. The van der Waals surface area contributed by atoms with Gasteiger partial charge in [0.25, 0.3) is 16.0 Å². The van der Waals surface area contributed by atoms with E-state index < -0.39 is 21.8 Å². The molecule has 214 valence electrons. The second kappa shape index (κ2) is 11.6. The number of benzene rings is 3. The number of hydrogen-bond donors (Lipinski definition) is 2. The second-order valence-electron chi connectivity index (χ2n) is 11.9. The monoisotopic (exact) mass is 572 g/mol. The molecule has 3 aromatic carbocycles. The third-order valence-corrected chi connectivity index (χ3v) is 8.31. The zero-order valence-electron chi connectivity index (χ0n) is 23.6. The van der Waals surface area contributed by atoms with E-state index in [1.807, 2.05) is 18.2 Å². The van der Waals surface area contributed by atoms with Crippen LogP contribution in [0.5, 0.6) is 0 Å². The predicted molar refractivity (Wildman–Crippen MR) is 160 cm³/mol. The van der Waals surface area contributed by atoms with Gasteiger partial charge in [0.1, 0.15) is 0 Å². The largest absolute Gasteiger partial charge is 0.356 e. The Morgan fingerprint density at radius 3 is 2.37 bits per heavy atom. The molecule has 41 heavy (non-hydrogen) atoms. The van der Waals surface area contributed by atoms with Crippen molar-refractivity contribution in [3.8, 4) is 11.3 Å². The maximum Gasteiger partial charge on any atom is 0.266 e. The van der Waals surface area contributed by atoms with E-state index in [1.54, 1.807) is 12.1 Å². The van der Waals surface area contributed by atoms with Crippen LogP contribution in [0.4, 0.5) is 0 Å². The molecule has 1 saturated carbocycles. The molecular formula is C33H36N2O5S. The predicted octanol–water partition coefficient (Wildman–Crippen LogP) is 6.51. The standard InChI is InChI=1S/C33H36N2O5S/c1-33(2,3)28-15-13-24(14-16-28)29(19-22-7-9-25(10-8-22)32(36)34-17-18-41(37,38)39)30-21-31(40-35-30)27-6-4-5-26(20-27)23-11-12-23/h4-10,13-16,20-21,23,29H,11-12,17-19H2,1-3H3,(H,34,36)(H,37,38,39). The van der Waals surface area contributed by atoms with Gasteiger partial charge in [-0.3, -0.25) is 9.35 Å². The minimum Gasteiger partial charge on any atom is -0.356 e. The molecule has 4 aromatic rings. The van der Waals surface area contributed by atoms with Gasteiger partial charge in [-0.25, -0.2) is 0 Å². The molecule has 0 saturated heterocycles. The Morgan fingerprint density at radius 1 is 1.02 bits per heavy atom. The molecule has 8 heteroatoms. The second-order valence-corrected chi connectivity index (χ2v) is 13.5. The summed E-state index contributed by atoms with van der Waals surface area (Å²) in [6.45, 7) is 6.42. The van der Waals surface area contributed by atoms with Crippen molar-refractivity contribution in [3.63, 3.8) is 0 Å². The van der Waals surface area contributed by atoms with Crippen molar-refractivity contribution in [1.82, 2.24) is 10.5 Å². The van der Waals surface area contributed by atoms with E-state index in [1.165, 1.54) is 24.0 Å². The lowest BCUT2D eigenvalue weighted by Gasteiger charge is -2.21. The first kappa shape index (κ1) is 28.8. The van der Waals surface area contributed by atoms with Gasteiger partial charge in [0, 0.05) is 29.7 Å². The summed E-state index contributed by atoms with van der Waals surface area (Å²) in [5.41, 5.74) is 7.06. The topological polar surface area (TPSA) is 110 Å². The van der Waals surface area contributed by atoms with Gasteiger partial charge >= 0.3 is 0 Å². The number of carbonyl (C=O) groups is 1. The average Bonchev–Trinajstić information content (AvgIpc) is 3.68. The Kier molecular flexibility index (Phi) is 8.16. The molecule has 1 aliphatic rings. The molecule has 1 atom stereocenters. The molecule has 2 N–H and O–H groups in total. The Morgan fingerprint density at radius 2 is 1.73 bits per heavy atom. The van der Waals surface area contributed by atoms with Crippen molar-refractivity contribution >= 4 is 16.0 Å². The van der Waals surface area contributed by atoms with Crippen LogP contribution < -0.4 is 5.32 Å². The summed E-state index contributed by atoms with van der Waals surface area (Å²) in [7, 11) is -4.13. The van der Waals surface area contributed by atoms with Crippen molar-refractivity contribution < 1.29 is 22.3 Å². The van der Waals surface area contributed by atoms with Crippen LogP contribution in [0.15, 0.2) is 83.4 Å². The highest BCUT2D eigenvalue weighted by Gasteiger charge is 2.25. The van der Waals surface area contributed by atoms with Gasteiger partial charge in [-0.1, -0.05) is 80.5 Å². The molecule has 0 aliphatic heterocycles. The summed E-state index contributed by atoms with van der Waals surface area (Å²) >= 11 is 0. The SMILES string of the molecule is CC(C)(C)c1ccc(C(Cc2ccc(C(=O)NCCS(=O)(=O)O)cc2)c2cc(-c3cccc(C4CC4)c3)on2)cc1. The maximum absolute atomic E-state index is 12.4. The number of rotatable bonds is 10. The third kappa shape index (κ3) is 7.51. The zero-order chi connectivity index (χ0) is 29.2. The average molecular weight is 573 g/mol. The van der Waals surface area contributed by atoms with Crippen LogP contribution >= 0.6 is 0 Å². The van der Waals surface area contributed by atoms with Crippen LogP contribution in [-0.2, 0) is 22.0 Å². The van der Waals surface area contributed by atoms with E-state index in [0.717, 1.165) is 28.1 Å². The summed E-state index contributed by atoms with van der Waals surface area (Å²) < 4.78 is 36.6. The van der Waals surface area contributed by atoms with Crippen LogP contribution in [0, 0.1) is 0 Å². The number of nitrogens with zero attached hydrogens (tertiary/aromatic N) is 1. The van der Waals surface area contributed by atoms with E-state index in [-0.39, 0.29) is 17.9 Å². The highest BCUT2D eigenvalue weighted by molar-refractivity contribution is 7.85. The smallest absolute Gasteiger partial charge is 0.266 e. The lowest BCUT2D eigenvalue weighted by Crippen LogP contribution is -2.28. The van der Waals surface area contributed by atoms with Crippen molar-refractivity contribution in [2.24, 2.45) is 0 Å². The van der Waals surface area contributed by atoms with Crippen LogP contribution in [0.1, 0.15) is 83.8 Å². The van der Waals surface area contributed by atoms with Crippen LogP contribution in [0.3, 0.4) is 0 Å². The molecule has 1 heterocycles. The molecule has 1 fully saturated rings. The van der Waals surface area contributed by atoms with Gasteiger partial charge in [-0.05, 0) is 71.0 Å². The molecular weight excluding hydrogens is 536 g/mol. The summed E-state index contributed by atoms with van der Waals surface area (Å²) in [6, 6.07) is 26.4. The number of aromatic nitrogens is 1. The maximum atomic E-state index is 12.4. The first-order chi connectivity index (χ1) is 19.5. The van der Waals surface area contributed by atoms with Crippen molar-refractivity contribution in [3.05, 3.63) is 112 Å². The zero-order valence-corrected chi connectivity index (χ0v) is 24.4. The Labute approximate surface area is 241 Å². The molecule has 5 rings (SSSR count). The summed E-state index contributed by atoms with van der Waals surface area (Å²) in [5.74, 6) is 0.401. The van der Waals surface area contributed by atoms with Crippen LogP contribution in [0.2, 0.25) is 0 Å². The molecule has 0 bridgehead atoms. The lowest BCUT2D eigenvalue weighted by molar-refractivity contribution is 0.0956. The number of carbonyl (C=O) groups excluding carboxylic acids is 1. The van der Waals surface area contributed by atoms with Crippen LogP contribution in [-0.4, -0.2) is 36.3 Å². The highest BCUT2D eigenvalue weighted by atomic mass is 32.2. The molecule has 1 aromatic heterocycles. The minimum absolute atomic E-state index is 0.0411. The number of hydrogen-bond acceptors (Lipinski definition) is 5. The summed E-state index contributed by atoms with van der Waals surface area (Å²) in [5, 5.41) is 7.03. The third-order valence-electron chi connectivity index (χ3n) is 7.59. The Bertz CT molecular complexity index is 1610. The van der Waals surface area contributed by atoms with E-state index in [9.17, 15) is 13.2 Å². The van der Waals surface area contributed by atoms with Gasteiger partial charge in [0.2, 0.25) is 0 Å². The fraction of sp³-hybridized carbons (Fsp3) is 0.333. The van der Waals surface area contributed by atoms with E-state index >= 15 is 0 Å². The number of nitrogens with one attached hydrogen (secondary N) is 1. The molecule has 1 aliphatic carbocycles. The molecule has 1 unspecified atom stereocenters. The molecule has 0 radical (unpaired) electrons. The van der Waals surface area contributed by atoms with Gasteiger partial charge in [0.05, 0.1) is 11.4 Å². The number of amides is 1. The van der Waals surface area contributed by atoms with Gasteiger partial charge in [-0.2, -0.15) is 8.42 Å². The van der Waals surface area contributed by atoms with E-state index in [4.69, 9.17) is 9.08 Å². The van der Waals surface area contributed by atoms with Crippen molar-refractivity contribution in [2.45, 2.75) is 57.3 Å². The molecule has 0 spiro atoms.